The summed E-state index contributed by atoms with van der Waals surface area (Å²) in [6, 6.07) is 12.6. The minimum absolute atomic E-state index is 0.166. The van der Waals surface area contributed by atoms with Crippen molar-refractivity contribution in [2.24, 2.45) is 0 Å². The molecule has 2 aromatic carbocycles. The first kappa shape index (κ1) is 18.5. The standard InChI is InChI=1S/C22H18N2O5/c1-12-5-4-6-13-9-15-20(24-19(12)13)16(22(26)29-21(15)25)11-23-14-7-8-17(27-2)18(10-14)28-3/h4-11,23H,1-3H3/b16-11+. The van der Waals surface area contributed by atoms with Crippen molar-refractivity contribution >= 4 is 34.1 Å². The molecule has 0 saturated heterocycles. The van der Waals surface area contributed by atoms with Gasteiger partial charge < -0.3 is 19.5 Å². The number of hydrogen-bond donors (Lipinski definition) is 1. The number of aryl methyl sites for hydroxylation is 1. The maximum atomic E-state index is 12.4. The molecule has 146 valence electrons. The number of hydrogen-bond acceptors (Lipinski definition) is 7. The lowest BCUT2D eigenvalue weighted by Gasteiger charge is -2.18. The van der Waals surface area contributed by atoms with E-state index in [2.05, 4.69) is 10.3 Å². The Morgan fingerprint density at radius 3 is 2.55 bits per heavy atom. The Bertz CT molecular complexity index is 1180. The molecule has 0 fully saturated rings. The highest BCUT2D eigenvalue weighted by Gasteiger charge is 2.31. The number of esters is 2. The van der Waals surface area contributed by atoms with Gasteiger partial charge in [0.25, 0.3) is 0 Å². The van der Waals surface area contributed by atoms with Crippen molar-refractivity contribution in [2.45, 2.75) is 6.92 Å². The van der Waals surface area contributed by atoms with Crippen LogP contribution in [0.1, 0.15) is 21.6 Å². The van der Waals surface area contributed by atoms with Crippen LogP contribution in [0.4, 0.5) is 5.69 Å². The van der Waals surface area contributed by atoms with Crippen LogP contribution in [0.5, 0.6) is 11.5 Å². The number of rotatable bonds is 4. The van der Waals surface area contributed by atoms with E-state index in [1.807, 2.05) is 25.1 Å². The Morgan fingerprint density at radius 2 is 1.79 bits per heavy atom. The molecule has 29 heavy (non-hydrogen) atoms. The fourth-order valence-corrected chi connectivity index (χ4v) is 3.21. The summed E-state index contributed by atoms with van der Waals surface area (Å²) in [6.07, 6.45) is 1.48. The number of nitrogens with zero attached hydrogens (tertiary/aromatic N) is 1. The fraction of sp³-hybridized carbons (Fsp3) is 0.136. The third-order valence-electron chi connectivity index (χ3n) is 4.69. The van der Waals surface area contributed by atoms with Gasteiger partial charge in [-0.05, 0) is 30.7 Å². The molecule has 2 heterocycles. The number of fused-ring (bicyclic) bond motifs is 2. The summed E-state index contributed by atoms with van der Waals surface area (Å²) in [4.78, 5) is 29.2. The number of benzene rings is 2. The van der Waals surface area contributed by atoms with E-state index in [1.54, 1.807) is 31.4 Å². The van der Waals surface area contributed by atoms with E-state index in [0.29, 0.717) is 22.9 Å². The van der Waals surface area contributed by atoms with E-state index >= 15 is 0 Å². The van der Waals surface area contributed by atoms with Crippen LogP contribution in [0, 0.1) is 6.92 Å². The summed E-state index contributed by atoms with van der Waals surface area (Å²) in [6.45, 7) is 1.93. The maximum Gasteiger partial charge on any atom is 0.349 e. The zero-order valence-electron chi connectivity index (χ0n) is 16.1. The summed E-state index contributed by atoms with van der Waals surface area (Å²) >= 11 is 0. The molecular formula is C22H18N2O5. The first-order chi connectivity index (χ1) is 14.0. The molecule has 0 bridgehead atoms. The summed E-state index contributed by atoms with van der Waals surface area (Å²) in [5, 5.41) is 3.85. The van der Waals surface area contributed by atoms with Crippen molar-refractivity contribution in [3.63, 3.8) is 0 Å². The molecule has 0 saturated carbocycles. The van der Waals surface area contributed by atoms with Gasteiger partial charge in [0.1, 0.15) is 5.57 Å². The molecule has 0 atom stereocenters. The minimum Gasteiger partial charge on any atom is -0.493 e. The summed E-state index contributed by atoms with van der Waals surface area (Å²) in [5.74, 6) is -0.333. The predicted octanol–water partition coefficient (Wildman–Crippen LogP) is 3.71. The van der Waals surface area contributed by atoms with Gasteiger partial charge in [0, 0.05) is 23.3 Å². The lowest BCUT2D eigenvalue weighted by atomic mass is 10.0. The molecule has 0 aliphatic carbocycles. The van der Waals surface area contributed by atoms with Crippen LogP contribution in [0.25, 0.3) is 16.5 Å². The molecule has 7 heteroatoms. The second-order valence-corrected chi connectivity index (χ2v) is 6.48. The first-order valence-electron chi connectivity index (χ1n) is 8.88. The lowest BCUT2D eigenvalue weighted by molar-refractivity contribution is -0.131. The normalized spacial score (nSPS) is 14.5. The molecule has 1 aliphatic heterocycles. The molecule has 1 aromatic heterocycles. The van der Waals surface area contributed by atoms with Crippen LogP contribution in [-0.4, -0.2) is 31.1 Å². The van der Waals surface area contributed by atoms with Crippen molar-refractivity contribution in [1.82, 2.24) is 4.98 Å². The second-order valence-electron chi connectivity index (χ2n) is 6.48. The highest BCUT2D eigenvalue weighted by Crippen LogP contribution is 2.32. The molecule has 0 spiro atoms. The molecular weight excluding hydrogens is 372 g/mol. The number of pyridine rings is 1. The van der Waals surface area contributed by atoms with Gasteiger partial charge in [0.05, 0.1) is 31.0 Å². The third-order valence-corrected chi connectivity index (χ3v) is 4.69. The minimum atomic E-state index is -0.754. The van der Waals surface area contributed by atoms with Crippen molar-refractivity contribution in [2.75, 3.05) is 19.5 Å². The molecule has 0 unspecified atom stereocenters. The average molecular weight is 390 g/mol. The number of nitrogens with one attached hydrogen (secondary N) is 1. The van der Waals surface area contributed by atoms with Crippen molar-refractivity contribution in [1.29, 1.82) is 0 Å². The van der Waals surface area contributed by atoms with Crippen molar-refractivity contribution in [3.8, 4) is 11.5 Å². The van der Waals surface area contributed by atoms with Crippen LogP contribution in [-0.2, 0) is 9.53 Å². The average Bonchev–Trinajstić information content (AvgIpc) is 2.73. The van der Waals surface area contributed by atoms with E-state index in [1.165, 1.54) is 13.3 Å². The number of aromatic nitrogens is 1. The van der Waals surface area contributed by atoms with E-state index in [0.717, 1.165) is 16.5 Å². The summed E-state index contributed by atoms with van der Waals surface area (Å²) in [5.41, 5.74) is 3.05. The Balaban J connectivity index is 1.78. The molecule has 4 rings (SSSR count). The van der Waals surface area contributed by atoms with Gasteiger partial charge in [0.15, 0.2) is 11.5 Å². The van der Waals surface area contributed by atoms with Gasteiger partial charge in [-0.2, -0.15) is 0 Å². The number of carbonyl (C=O) groups excluding carboxylic acids is 2. The third kappa shape index (κ3) is 3.27. The molecule has 1 N–H and O–H groups in total. The van der Waals surface area contributed by atoms with Crippen molar-refractivity contribution < 1.29 is 23.8 Å². The van der Waals surface area contributed by atoms with E-state index < -0.39 is 11.9 Å². The highest BCUT2D eigenvalue weighted by molar-refractivity contribution is 6.26. The Labute approximate surface area is 166 Å². The smallest absolute Gasteiger partial charge is 0.349 e. The number of cyclic esters (lactones) is 2. The Kier molecular flexibility index (Phi) is 4.64. The lowest BCUT2D eigenvalue weighted by Crippen LogP contribution is -2.24. The van der Waals surface area contributed by atoms with Gasteiger partial charge in [-0.1, -0.05) is 18.2 Å². The highest BCUT2D eigenvalue weighted by atomic mass is 16.6. The van der Waals surface area contributed by atoms with Crippen molar-refractivity contribution in [3.05, 3.63) is 65.5 Å². The quantitative estimate of drug-likeness (QED) is 0.413. The zero-order chi connectivity index (χ0) is 20.5. The molecule has 3 aromatic rings. The summed E-state index contributed by atoms with van der Waals surface area (Å²) in [7, 11) is 3.09. The van der Waals surface area contributed by atoms with Gasteiger partial charge in [-0.3, -0.25) is 0 Å². The SMILES string of the molecule is COc1ccc(N/C=C2/C(=O)OC(=O)c3cc4cccc(C)c4nc32)cc1OC. The zero-order valence-corrected chi connectivity index (χ0v) is 16.1. The Morgan fingerprint density at radius 1 is 1.00 bits per heavy atom. The topological polar surface area (TPSA) is 86.8 Å². The fourth-order valence-electron chi connectivity index (χ4n) is 3.21. The van der Waals surface area contributed by atoms with E-state index in [4.69, 9.17) is 14.2 Å². The second kappa shape index (κ2) is 7.27. The predicted molar refractivity (Wildman–Crippen MR) is 108 cm³/mol. The van der Waals surface area contributed by atoms with Crippen LogP contribution in [0.2, 0.25) is 0 Å². The van der Waals surface area contributed by atoms with Crippen LogP contribution in [0.15, 0.2) is 48.7 Å². The summed E-state index contributed by atoms with van der Waals surface area (Å²) < 4.78 is 15.4. The number of methoxy groups -OCH3 is 2. The number of carbonyl (C=O) groups is 2. The van der Waals surface area contributed by atoms with E-state index in [-0.39, 0.29) is 11.1 Å². The molecule has 0 amide bonds. The van der Waals surface area contributed by atoms with Crippen LogP contribution < -0.4 is 14.8 Å². The monoisotopic (exact) mass is 390 g/mol. The van der Waals surface area contributed by atoms with Gasteiger partial charge in [-0.25, -0.2) is 14.6 Å². The number of anilines is 1. The van der Waals surface area contributed by atoms with Crippen LogP contribution in [0.3, 0.4) is 0 Å². The number of ether oxygens (including phenoxy) is 3. The van der Waals surface area contributed by atoms with E-state index in [9.17, 15) is 9.59 Å². The van der Waals surface area contributed by atoms with Gasteiger partial charge in [-0.15, -0.1) is 0 Å². The molecule has 7 nitrogen and oxygen atoms in total. The molecule has 1 aliphatic rings. The number of para-hydroxylation sites is 1. The van der Waals surface area contributed by atoms with Gasteiger partial charge >= 0.3 is 11.9 Å². The van der Waals surface area contributed by atoms with Gasteiger partial charge in [0.2, 0.25) is 0 Å². The maximum absolute atomic E-state index is 12.4. The first-order valence-corrected chi connectivity index (χ1v) is 8.88. The van der Waals surface area contributed by atoms with Crippen LogP contribution >= 0.6 is 0 Å². The largest absolute Gasteiger partial charge is 0.493 e. The molecule has 0 radical (unpaired) electrons. The Hall–Kier alpha value is -3.87.